The summed E-state index contributed by atoms with van der Waals surface area (Å²) in [5, 5.41) is 16.9. The van der Waals surface area contributed by atoms with E-state index in [0.717, 1.165) is 11.1 Å². The molecule has 39 heavy (non-hydrogen) atoms. The topological polar surface area (TPSA) is 129 Å². The molecule has 0 spiro atoms. The molecule has 9 nitrogen and oxygen atoms in total. The number of halogens is 2. The molecule has 2 aromatic rings. The van der Waals surface area contributed by atoms with Gasteiger partial charge in [-0.1, -0.05) is 24.0 Å². The van der Waals surface area contributed by atoms with E-state index >= 15 is 0 Å². The van der Waals surface area contributed by atoms with Crippen LogP contribution in [0.4, 0.5) is 13.6 Å². The highest BCUT2D eigenvalue weighted by Gasteiger charge is 2.39. The van der Waals surface area contributed by atoms with Crippen molar-refractivity contribution >= 4 is 17.9 Å². The molecule has 0 unspecified atom stereocenters. The molecule has 5 N–H and O–H groups in total. The first-order chi connectivity index (χ1) is 18.2. The Morgan fingerprint density at radius 2 is 1.46 bits per heavy atom. The van der Waals surface area contributed by atoms with E-state index in [9.17, 15) is 28.4 Å². The molecule has 0 radical (unpaired) electrons. The summed E-state index contributed by atoms with van der Waals surface area (Å²) < 4.78 is 29.7. The third kappa shape index (κ3) is 10.7. The van der Waals surface area contributed by atoms with Crippen molar-refractivity contribution in [1.29, 1.82) is 0 Å². The van der Waals surface area contributed by atoms with Gasteiger partial charge in [0.2, 0.25) is 0 Å². The van der Waals surface area contributed by atoms with Gasteiger partial charge in [-0.3, -0.25) is 14.8 Å². The summed E-state index contributed by atoms with van der Waals surface area (Å²) in [6.45, 7) is 8.02. The first kappa shape index (κ1) is 31.2. The third-order valence-corrected chi connectivity index (χ3v) is 5.27. The maximum Gasteiger partial charge on any atom is 0.408 e. The lowest BCUT2D eigenvalue weighted by atomic mass is 9.93. The summed E-state index contributed by atoms with van der Waals surface area (Å²) in [4.78, 5) is 37.5. The molecule has 0 aromatic heterocycles. The fraction of sp³-hybridized carbons (Fsp3) is 0.393. The van der Waals surface area contributed by atoms with Gasteiger partial charge >= 0.3 is 6.09 Å². The van der Waals surface area contributed by atoms with Crippen molar-refractivity contribution in [2.75, 3.05) is 6.54 Å². The molecule has 0 saturated carbocycles. The average molecular weight is 545 g/mol. The number of carbonyl (C=O) groups is 3. The number of hydrogen-bond donors (Lipinski definition) is 5. The molecule has 0 aliphatic rings. The Kier molecular flexibility index (Phi) is 11.0. The Hall–Kier alpha value is -4.01. The first-order valence-corrected chi connectivity index (χ1v) is 12.2. The van der Waals surface area contributed by atoms with Crippen LogP contribution in [-0.2, 0) is 16.1 Å². The van der Waals surface area contributed by atoms with Crippen LogP contribution < -0.4 is 21.4 Å². The van der Waals surface area contributed by atoms with E-state index in [4.69, 9.17) is 4.74 Å². The number of ether oxygens (including phenoxy) is 1. The molecular formula is C28H34F2N4O5. The highest BCUT2D eigenvalue weighted by molar-refractivity contribution is 5.98. The zero-order chi connectivity index (χ0) is 29.2. The smallest absolute Gasteiger partial charge is 0.408 e. The minimum absolute atomic E-state index is 0.227. The molecule has 0 fully saturated rings. The van der Waals surface area contributed by atoms with E-state index in [1.807, 2.05) is 0 Å². The van der Waals surface area contributed by atoms with Gasteiger partial charge in [-0.2, -0.15) is 0 Å². The summed E-state index contributed by atoms with van der Waals surface area (Å²) in [6, 6.07) is 12.2. The van der Waals surface area contributed by atoms with E-state index in [-0.39, 0.29) is 12.1 Å². The predicted molar refractivity (Wildman–Crippen MR) is 141 cm³/mol. The fourth-order valence-corrected chi connectivity index (χ4v) is 3.37. The summed E-state index contributed by atoms with van der Waals surface area (Å²) >= 11 is 0. The number of amides is 3. The zero-order valence-electron chi connectivity index (χ0n) is 22.5. The van der Waals surface area contributed by atoms with Crippen LogP contribution in [0.3, 0.4) is 0 Å². The van der Waals surface area contributed by atoms with Gasteiger partial charge in [-0.15, -0.1) is 0 Å². The van der Waals surface area contributed by atoms with Gasteiger partial charge in [0.15, 0.2) is 0 Å². The zero-order valence-corrected chi connectivity index (χ0v) is 22.5. The van der Waals surface area contributed by atoms with Crippen molar-refractivity contribution in [3.63, 3.8) is 0 Å². The molecule has 3 amide bonds. The molecule has 0 heterocycles. The van der Waals surface area contributed by atoms with Crippen LogP contribution in [0.25, 0.3) is 0 Å². The van der Waals surface area contributed by atoms with E-state index in [1.165, 1.54) is 31.5 Å². The van der Waals surface area contributed by atoms with Crippen LogP contribution in [0.15, 0.2) is 48.5 Å². The second-order valence-electron chi connectivity index (χ2n) is 10.3. The largest absolute Gasteiger partial charge is 0.444 e. The fourth-order valence-electron chi connectivity index (χ4n) is 3.37. The van der Waals surface area contributed by atoms with Crippen LogP contribution in [0, 0.1) is 11.8 Å². The minimum atomic E-state index is -2.40. The Balaban J connectivity index is 2.06. The SMILES string of the molecule is CC(C)(C)OC(=O)NC(C)(C)[C@H](NC(=O)c1ccc(C#Cc2ccc(CNCC(F)F)cc2)cc1)C(=O)NO. The highest BCUT2D eigenvalue weighted by atomic mass is 19.3. The van der Waals surface area contributed by atoms with Gasteiger partial charge in [0.25, 0.3) is 18.2 Å². The molecule has 0 bridgehead atoms. The van der Waals surface area contributed by atoms with Crippen LogP contribution >= 0.6 is 0 Å². The molecular weight excluding hydrogens is 510 g/mol. The lowest BCUT2D eigenvalue weighted by Gasteiger charge is -2.34. The number of benzene rings is 2. The van der Waals surface area contributed by atoms with Crippen LogP contribution in [0.2, 0.25) is 0 Å². The van der Waals surface area contributed by atoms with Crippen molar-refractivity contribution in [2.45, 2.75) is 64.8 Å². The quantitative estimate of drug-likeness (QED) is 0.187. The summed E-state index contributed by atoms with van der Waals surface area (Å²) in [5.41, 5.74) is 1.85. The van der Waals surface area contributed by atoms with Gasteiger partial charge in [0, 0.05) is 23.2 Å². The number of rotatable bonds is 9. The van der Waals surface area contributed by atoms with Gasteiger partial charge in [-0.05, 0) is 76.6 Å². The van der Waals surface area contributed by atoms with Crippen molar-refractivity contribution in [3.05, 3.63) is 70.8 Å². The number of alkyl halides is 2. The standard InChI is InChI=1S/C28H34F2N4O5/c1-27(2,3)39-26(37)33-28(4,5)23(25(36)34-38)32-24(35)21-14-12-19(13-15-21)7-6-18-8-10-20(11-9-18)16-31-17-22(29)30/h8-15,22-23,31,38H,16-17H2,1-5H3,(H,32,35)(H,33,37)(H,34,36)/t23-/m1/s1. The van der Waals surface area contributed by atoms with Gasteiger partial charge in [0.05, 0.1) is 12.1 Å². The Bertz CT molecular complexity index is 1200. The van der Waals surface area contributed by atoms with E-state index in [1.54, 1.807) is 57.2 Å². The van der Waals surface area contributed by atoms with Crippen molar-refractivity contribution in [3.8, 4) is 11.8 Å². The monoisotopic (exact) mass is 544 g/mol. The predicted octanol–water partition coefficient (Wildman–Crippen LogP) is 3.35. The number of carbonyl (C=O) groups excluding carboxylic acids is 3. The third-order valence-electron chi connectivity index (χ3n) is 5.27. The summed E-state index contributed by atoms with van der Waals surface area (Å²) in [6.07, 6.45) is -3.19. The second-order valence-corrected chi connectivity index (χ2v) is 10.3. The molecule has 210 valence electrons. The molecule has 0 saturated heterocycles. The minimum Gasteiger partial charge on any atom is -0.444 e. The molecule has 0 aliphatic carbocycles. The number of nitrogens with one attached hydrogen (secondary N) is 4. The number of hydrogen-bond acceptors (Lipinski definition) is 6. The molecule has 1 atom stereocenters. The summed E-state index contributed by atoms with van der Waals surface area (Å²) in [5.74, 6) is 4.44. The molecule has 2 aromatic carbocycles. The molecule has 11 heteroatoms. The van der Waals surface area contributed by atoms with Gasteiger partial charge in [-0.25, -0.2) is 19.1 Å². The normalized spacial score (nSPS) is 12.1. The number of hydroxylamine groups is 1. The van der Waals surface area contributed by atoms with E-state index in [0.29, 0.717) is 12.1 Å². The lowest BCUT2D eigenvalue weighted by molar-refractivity contribution is -0.132. The van der Waals surface area contributed by atoms with Crippen molar-refractivity contribution < 1.29 is 33.1 Å². The maximum absolute atomic E-state index is 12.9. The van der Waals surface area contributed by atoms with E-state index in [2.05, 4.69) is 27.8 Å². The Morgan fingerprint density at radius 1 is 0.923 bits per heavy atom. The Labute approximate surface area is 226 Å². The Morgan fingerprint density at radius 3 is 1.95 bits per heavy atom. The molecule has 2 rings (SSSR count). The van der Waals surface area contributed by atoms with Crippen LogP contribution in [0.1, 0.15) is 61.7 Å². The van der Waals surface area contributed by atoms with Crippen LogP contribution in [0.5, 0.6) is 0 Å². The lowest BCUT2D eigenvalue weighted by Crippen LogP contribution is -2.64. The van der Waals surface area contributed by atoms with Crippen molar-refractivity contribution in [1.82, 2.24) is 21.4 Å². The maximum atomic E-state index is 12.9. The van der Waals surface area contributed by atoms with Crippen LogP contribution in [-0.4, -0.2) is 53.3 Å². The number of alkyl carbamates (subject to hydrolysis) is 1. The molecule has 0 aliphatic heterocycles. The van der Waals surface area contributed by atoms with Gasteiger partial charge in [0.1, 0.15) is 11.6 Å². The first-order valence-electron chi connectivity index (χ1n) is 12.2. The van der Waals surface area contributed by atoms with Gasteiger partial charge < -0.3 is 20.7 Å². The second kappa shape index (κ2) is 13.7. The highest BCUT2D eigenvalue weighted by Crippen LogP contribution is 2.15. The average Bonchev–Trinajstić information content (AvgIpc) is 2.84. The van der Waals surface area contributed by atoms with Crippen molar-refractivity contribution in [2.24, 2.45) is 0 Å². The van der Waals surface area contributed by atoms with E-state index < -0.39 is 41.5 Å². The summed E-state index contributed by atoms with van der Waals surface area (Å²) in [7, 11) is 0.